The lowest BCUT2D eigenvalue weighted by Crippen LogP contribution is -2.32. The first-order valence-corrected chi connectivity index (χ1v) is 5.63. The van der Waals surface area contributed by atoms with Crippen LogP contribution >= 0.6 is 23.4 Å². The van der Waals surface area contributed by atoms with Crippen LogP contribution in [-0.4, -0.2) is 41.9 Å². The van der Waals surface area contributed by atoms with E-state index in [1.807, 2.05) is 17.8 Å². The van der Waals surface area contributed by atoms with Crippen molar-refractivity contribution >= 4 is 23.4 Å². The second kappa shape index (κ2) is 5.92. The molecule has 0 spiro atoms. The molecule has 1 heterocycles. The van der Waals surface area contributed by atoms with Crippen LogP contribution in [-0.2, 0) is 0 Å². The summed E-state index contributed by atoms with van der Waals surface area (Å²) in [7, 11) is 0. The van der Waals surface area contributed by atoms with E-state index in [1.165, 1.54) is 24.6 Å². The second-order valence-electron chi connectivity index (χ2n) is 2.54. The second-order valence-corrected chi connectivity index (χ2v) is 4.07. The number of hydrogen-bond donors (Lipinski definition) is 0. The molecule has 0 aliphatic carbocycles. The van der Waals surface area contributed by atoms with E-state index >= 15 is 0 Å². The van der Waals surface area contributed by atoms with Gasteiger partial charge in [0.25, 0.3) is 0 Å². The molecular formula is C8H14ClNS. The van der Waals surface area contributed by atoms with Gasteiger partial charge in [-0.1, -0.05) is 12.2 Å². The van der Waals surface area contributed by atoms with Crippen LogP contribution in [0.1, 0.15) is 0 Å². The molecule has 3 heteroatoms. The third-order valence-electron chi connectivity index (χ3n) is 1.72. The topological polar surface area (TPSA) is 3.24 Å². The quantitative estimate of drug-likeness (QED) is 0.495. The molecule has 1 nitrogen and oxygen atoms in total. The Hall–Kier alpha value is 0.340. The highest BCUT2D eigenvalue weighted by atomic mass is 35.5. The average molecular weight is 192 g/mol. The van der Waals surface area contributed by atoms with Gasteiger partial charge in [0.05, 0.1) is 0 Å². The van der Waals surface area contributed by atoms with Gasteiger partial charge in [-0.2, -0.15) is 11.8 Å². The molecule has 0 saturated carbocycles. The highest BCUT2D eigenvalue weighted by molar-refractivity contribution is 7.99. The van der Waals surface area contributed by atoms with Gasteiger partial charge in [0.15, 0.2) is 0 Å². The Bertz CT molecular complexity index is 121. The Morgan fingerprint density at radius 2 is 2.00 bits per heavy atom. The third-order valence-corrected chi connectivity index (χ3v) is 2.84. The zero-order chi connectivity index (χ0) is 7.94. The molecule has 0 aromatic rings. The highest BCUT2D eigenvalue weighted by Gasteiger charge is 2.07. The average Bonchev–Trinajstić information content (AvgIpc) is 2.07. The minimum Gasteiger partial charge on any atom is -0.298 e. The van der Waals surface area contributed by atoms with E-state index in [9.17, 15) is 0 Å². The molecule has 0 amide bonds. The van der Waals surface area contributed by atoms with Gasteiger partial charge in [-0.3, -0.25) is 4.90 Å². The van der Waals surface area contributed by atoms with Crippen LogP contribution in [0.3, 0.4) is 0 Å². The first-order chi connectivity index (χ1) is 5.43. The molecular weight excluding hydrogens is 178 g/mol. The van der Waals surface area contributed by atoms with Crippen molar-refractivity contribution in [1.29, 1.82) is 0 Å². The number of hydrogen-bond acceptors (Lipinski definition) is 2. The lowest BCUT2D eigenvalue weighted by molar-refractivity contribution is 0.336. The van der Waals surface area contributed by atoms with Gasteiger partial charge >= 0.3 is 0 Å². The summed E-state index contributed by atoms with van der Waals surface area (Å²) in [5, 5.41) is 0. The van der Waals surface area contributed by atoms with E-state index in [1.54, 1.807) is 0 Å². The zero-order valence-corrected chi connectivity index (χ0v) is 8.20. The Labute approximate surface area is 77.8 Å². The van der Waals surface area contributed by atoms with Gasteiger partial charge in [-0.25, -0.2) is 0 Å². The molecule has 64 valence electrons. The lowest BCUT2D eigenvalue weighted by Gasteiger charge is -2.24. The molecule has 0 radical (unpaired) electrons. The van der Waals surface area contributed by atoms with Crippen molar-refractivity contribution in [2.75, 3.05) is 37.0 Å². The molecule has 0 unspecified atom stereocenters. The maximum atomic E-state index is 5.51. The van der Waals surface area contributed by atoms with Crippen molar-refractivity contribution in [3.63, 3.8) is 0 Å². The van der Waals surface area contributed by atoms with Gasteiger partial charge in [-0.15, -0.1) is 11.6 Å². The summed E-state index contributed by atoms with van der Waals surface area (Å²) in [4.78, 5) is 2.46. The van der Waals surface area contributed by atoms with Gasteiger partial charge in [0.1, 0.15) is 0 Å². The Balaban J connectivity index is 2.09. The molecule has 1 fully saturated rings. The molecule has 1 aliphatic rings. The SMILES string of the molecule is ClCC=CCN1CCSCC1. The van der Waals surface area contributed by atoms with E-state index < -0.39 is 0 Å². The van der Waals surface area contributed by atoms with Crippen LogP contribution in [0.4, 0.5) is 0 Å². The fourth-order valence-corrected chi connectivity index (χ4v) is 2.18. The fourth-order valence-electron chi connectivity index (χ4n) is 1.07. The molecule has 0 bridgehead atoms. The largest absolute Gasteiger partial charge is 0.298 e. The number of alkyl halides is 1. The molecule has 1 rings (SSSR count). The summed E-state index contributed by atoms with van der Waals surface area (Å²) in [6.07, 6.45) is 4.17. The van der Waals surface area contributed by atoms with Crippen molar-refractivity contribution in [3.8, 4) is 0 Å². The van der Waals surface area contributed by atoms with Crippen LogP contribution in [0.15, 0.2) is 12.2 Å². The van der Waals surface area contributed by atoms with Gasteiger partial charge in [0.2, 0.25) is 0 Å². The number of rotatable bonds is 3. The summed E-state index contributed by atoms with van der Waals surface area (Å²) in [5.74, 6) is 3.21. The zero-order valence-electron chi connectivity index (χ0n) is 6.63. The van der Waals surface area contributed by atoms with E-state index in [2.05, 4.69) is 11.0 Å². The van der Waals surface area contributed by atoms with Crippen LogP contribution in [0.5, 0.6) is 0 Å². The molecule has 1 aliphatic heterocycles. The van der Waals surface area contributed by atoms with E-state index in [0.717, 1.165) is 6.54 Å². The van der Waals surface area contributed by atoms with Crippen molar-refractivity contribution in [2.24, 2.45) is 0 Å². The normalized spacial score (nSPS) is 21.2. The monoisotopic (exact) mass is 191 g/mol. The van der Waals surface area contributed by atoms with E-state index in [4.69, 9.17) is 11.6 Å². The minimum absolute atomic E-state index is 0.641. The van der Waals surface area contributed by atoms with Gasteiger partial charge < -0.3 is 0 Å². The highest BCUT2D eigenvalue weighted by Crippen LogP contribution is 2.08. The predicted molar refractivity (Wildman–Crippen MR) is 53.6 cm³/mol. The Kier molecular flexibility index (Phi) is 5.08. The summed E-state index contributed by atoms with van der Waals surface area (Å²) in [6.45, 7) is 3.54. The van der Waals surface area contributed by atoms with Gasteiger partial charge in [0, 0.05) is 37.0 Å². The molecule has 0 atom stereocenters. The van der Waals surface area contributed by atoms with Crippen LogP contribution in [0.25, 0.3) is 0 Å². The third kappa shape index (κ3) is 4.04. The number of halogens is 1. The first-order valence-electron chi connectivity index (χ1n) is 3.94. The molecule has 0 N–H and O–H groups in total. The van der Waals surface area contributed by atoms with Crippen LogP contribution in [0, 0.1) is 0 Å². The number of nitrogens with zero attached hydrogens (tertiary/aromatic N) is 1. The molecule has 0 aromatic heterocycles. The summed E-state index contributed by atoms with van der Waals surface area (Å²) >= 11 is 7.56. The van der Waals surface area contributed by atoms with Crippen molar-refractivity contribution in [2.45, 2.75) is 0 Å². The maximum Gasteiger partial charge on any atom is 0.0404 e. The minimum atomic E-state index is 0.641. The van der Waals surface area contributed by atoms with Crippen molar-refractivity contribution < 1.29 is 0 Å². The summed E-state index contributed by atoms with van der Waals surface area (Å²) in [6, 6.07) is 0. The fraction of sp³-hybridized carbons (Fsp3) is 0.750. The van der Waals surface area contributed by atoms with E-state index in [0.29, 0.717) is 5.88 Å². The molecule has 0 aromatic carbocycles. The number of thioether (sulfide) groups is 1. The Morgan fingerprint density at radius 1 is 1.27 bits per heavy atom. The lowest BCUT2D eigenvalue weighted by atomic mass is 10.4. The standard InChI is InChI=1S/C8H14ClNS/c9-3-1-2-4-10-5-7-11-8-6-10/h1-2H,3-8H2. The maximum absolute atomic E-state index is 5.51. The summed E-state index contributed by atoms with van der Waals surface area (Å²) in [5.41, 5.74) is 0. The smallest absolute Gasteiger partial charge is 0.0404 e. The Morgan fingerprint density at radius 3 is 2.64 bits per heavy atom. The first kappa shape index (κ1) is 9.43. The number of allylic oxidation sites excluding steroid dienone is 1. The van der Waals surface area contributed by atoms with Gasteiger partial charge in [-0.05, 0) is 0 Å². The van der Waals surface area contributed by atoms with Crippen molar-refractivity contribution in [1.82, 2.24) is 4.90 Å². The molecule has 11 heavy (non-hydrogen) atoms. The molecule has 1 saturated heterocycles. The van der Waals surface area contributed by atoms with E-state index in [-0.39, 0.29) is 0 Å². The van der Waals surface area contributed by atoms with Crippen LogP contribution < -0.4 is 0 Å². The van der Waals surface area contributed by atoms with Crippen molar-refractivity contribution in [3.05, 3.63) is 12.2 Å². The summed E-state index contributed by atoms with van der Waals surface area (Å²) < 4.78 is 0. The predicted octanol–water partition coefficient (Wildman–Crippen LogP) is 1.83. The van der Waals surface area contributed by atoms with Crippen LogP contribution in [0.2, 0.25) is 0 Å².